The Morgan fingerprint density at radius 1 is 1.13 bits per heavy atom. The molecule has 23 heavy (non-hydrogen) atoms. The molecule has 2 amide bonds. The molecule has 0 aliphatic heterocycles. The summed E-state index contributed by atoms with van der Waals surface area (Å²) in [7, 11) is 0. The molecule has 0 aromatic rings. The number of likely N-dealkylation sites (N-methyl/N-ethyl adjacent to an activating group) is 1. The highest BCUT2D eigenvalue weighted by atomic mass is 16.5. The Labute approximate surface area is 136 Å². The van der Waals surface area contributed by atoms with Gasteiger partial charge in [-0.3, -0.25) is 14.4 Å². The molecule has 4 saturated carbocycles. The van der Waals surface area contributed by atoms with Gasteiger partial charge in [-0.15, -0.1) is 0 Å². The van der Waals surface area contributed by atoms with Crippen LogP contribution in [0.15, 0.2) is 0 Å². The average molecular weight is 322 g/mol. The van der Waals surface area contributed by atoms with Crippen LogP contribution in [-0.4, -0.2) is 36.5 Å². The minimum absolute atomic E-state index is 0.0298. The summed E-state index contributed by atoms with van der Waals surface area (Å²) in [5, 5.41) is 5.76. The van der Waals surface area contributed by atoms with Crippen molar-refractivity contribution in [3.63, 3.8) is 0 Å². The first kappa shape index (κ1) is 16.3. The molecule has 4 fully saturated rings. The molecule has 4 aliphatic rings. The van der Waals surface area contributed by atoms with Crippen molar-refractivity contribution in [1.82, 2.24) is 10.6 Å². The van der Waals surface area contributed by atoms with Crippen LogP contribution in [0.4, 0.5) is 0 Å². The fraction of sp³-hybridized carbons (Fsp3) is 0.824. The van der Waals surface area contributed by atoms with Crippen LogP contribution in [0, 0.1) is 17.3 Å². The van der Waals surface area contributed by atoms with Gasteiger partial charge in [-0.1, -0.05) is 0 Å². The van der Waals surface area contributed by atoms with Crippen molar-refractivity contribution in [1.29, 1.82) is 0 Å². The molecule has 4 bridgehead atoms. The molecule has 0 saturated heterocycles. The largest absolute Gasteiger partial charge is 0.455 e. The fourth-order valence-electron chi connectivity index (χ4n) is 5.55. The third-order valence-electron chi connectivity index (χ3n) is 5.64. The smallest absolute Gasteiger partial charge is 0.312 e. The zero-order valence-electron chi connectivity index (χ0n) is 13.9. The highest BCUT2D eigenvalue weighted by Crippen LogP contribution is 2.62. The summed E-state index contributed by atoms with van der Waals surface area (Å²) in [6.45, 7) is 3.68. The van der Waals surface area contributed by atoms with Gasteiger partial charge in [-0.2, -0.15) is 0 Å². The van der Waals surface area contributed by atoms with Crippen LogP contribution in [0.3, 0.4) is 0 Å². The molecule has 0 aromatic carbocycles. The van der Waals surface area contributed by atoms with Crippen molar-refractivity contribution in [2.45, 2.75) is 57.9 Å². The zero-order chi connectivity index (χ0) is 16.7. The molecule has 0 aromatic heterocycles. The number of hydrogen-bond acceptors (Lipinski definition) is 4. The molecule has 4 aliphatic carbocycles. The van der Waals surface area contributed by atoms with Gasteiger partial charge in [0.1, 0.15) is 0 Å². The molecule has 4 rings (SSSR count). The first-order valence-electron chi connectivity index (χ1n) is 8.59. The van der Waals surface area contributed by atoms with Crippen LogP contribution < -0.4 is 10.6 Å². The maximum atomic E-state index is 12.7. The molecule has 0 radical (unpaired) electrons. The van der Waals surface area contributed by atoms with Crippen molar-refractivity contribution in [2.24, 2.45) is 17.3 Å². The van der Waals surface area contributed by atoms with Gasteiger partial charge in [0.05, 0.1) is 5.41 Å². The number of nitrogens with one attached hydrogen (secondary N) is 2. The molecular formula is C17H26N2O4. The van der Waals surface area contributed by atoms with E-state index in [1.807, 2.05) is 6.92 Å². The van der Waals surface area contributed by atoms with Gasteiger partial charge in [-0.25, -0.2) is 0 Å². The van der Waals surface area contributed by atoms with Gasteiger partial charge >= 0.3 is 5.97 Å². The van der Waals surface area contributed by atoms with E-state index in [-0.39, 0.29) is 29.9 Å². The van der Waals surface area contributed by atoms with Crippen LogP contribution >= 0.6 is 0 Å². The second kappa shape index (κ2) is 5.80. The summed E-state index contributed by atoms with van der Waals surface area (Å²) >= 11 is 0. The van der Waals surface area contributed by atoms with Gasteiger partial charge in [0.2, 0.25) is 5.91 Å². The third-order valence-corrected chi connectivity index (χ3v) is 5.64. The number of ether oxygens (including phenoxy) is 1. The van der Waals surface area contributed by atoms with Gasteiger partial charge in [0.15, 0.2) is 6.61 Å². The van der Waals surface area contributed by atoms with Gasteiger partial charge < -0.3 is 15.4 Å². The molecule has 0 unspecified atom stereocenters. The van der Waals surface area contributed by atoms with Crippen molar-refractivity contribution in [2.75, 3.05) is 13.2 Å². The monoisotopic (exact) mass is 322 g/mol. The van der Waals surface area contributed by atoms with E-state index in [1.165, 1.54) is 0 Å². The number of carbonyl (C=O) groups excluding carboxylic acids is 3. The topological polar surface area (TPSA) is 84.5 Å². The number of rotatable bonds is 5. The molecule has 2 atom stereocenters. The zero-order valence-corrected chi connectivity index (χ0v) is 13.9. The van der Waals surface area contributed by atoms with E-state index in [9.17, 15) is 14.4 Å². The maximum Gasteiger partial charge on any atom is 0.312 e. The van der Waals surface area contributed by atoms with E-state index in [0.29, 0.717) is 24.8 Å². The predicted octanol–water partition coefficient (Wildman–Crippen LogP) is 1.14. The lowest BCUT2D eigenvalue weighted by molar-refractivity contribution is -0.177. The molecule has 128 valence electrons. The normalized spacial score (nSPS) is 37.3. The van der Waals surface area contributed by atoms with Gasteiger partial charge in [-0.05, 0) is 57.3 Å². The minimum atomic E-state index is -0.515. The van der Waals surface area contributed by atoms with Gasteiger partial charge in [0.25, 0.3) is 5.91 Å². The summed E-state index contributed by atoms with van der Waals surface area (Å²) in [5.41, 5.74) is -0.764. The second-order valence-corrected chi connectivity index (χ2v) is 7.73. The lowest BCUT2D eigenvalue weighted by Crippen LogP contribution is -2.64. The summed E-state index contributed by atoms with van der Waals surface area (Å²) in [5.74, 6) is 0.396. The number of hydrogen-bond donors (Lipinski definition) is 2. The molecule has 2 N–H and O–H groups in total. The number of esters is 1. The molecule has 6 heteroatoms. The molecular weight excluding hydrogens is 296 g/mol. The minimum Gasteiger partial charge on any atom is -0.455 e. The van der Waals surface area contributed by atoms with E-state index in [0.717, 1.165) is 32.1 Å². The Balaban J connectivity index is 1.72. The van der Waals surface area contributed by atoms with Crippen LogP contribution in [0.2, 0.25) is 0 Å². The highest BCUT2D eigenvalue weighted by Gasteiger charge is 2.61. The quantitative estimate of drug-likeness (QED) is 0.744. The van der Waals surface area contributed by atoms with Crippen LogP contribution in [0.25, 0.3) is 0 Å². The average Bonchev–Trinajstić information content (AvgIpc) is 2.42. The maximum absolute atomic E-state index is 12.7. The first-order valence-corrected chi connectivity index (χ1v) is 8.59. The summed E-state index contributed by atoms with van der Waals surface area (Å²) in [6.07, 6.45) is 5.40. The Hall–Kier alpha value is -1.59. The standard InChI is InChI=1S/C17H26N2O4/c1-3-18-14(21)9-23-15(22)16-5-12-4-13(6-16)8-17(7-12,10-16)19-11(2)20/h12-13H,3-10H2,1-2H3,(H,18,21)(H,19,20)/t12-,13-,16?,17?/m0/s1. The molecule has 0 spiro atoms. The highest BCUT2D eigenvalue weighted by molar-refractivity contribution is 5.83. The van der Waals surface area contributed by atoms with Crippen LogP contribution in [-0.2, 0) is 19.1 Å². The number of carbonyl (C=O) groups is 3. The van der Waals surface area contributed by atoms with Crippen LogP contribution in [0.5, 0.6) is 0 Å². The van der Waals surface area contributed by atoms with E-state index in [2.05, 4.69) is 10.6 Å². The summed E-state index contributed by atoms with van der Waals surface area (Å²) in [6, 6.07) is 0. The van der Waals surface area contributed by atoms with E-state index in [1.54, 1.807) is 6.92 Å². The van der Waals surface area contributed by atoms with Crippen molar-refractivity contribution in [3.8, 4) is 0 Å². The predicted molar refractivity (Wildman–Crippen MR) is 83.3 cm³/mol. The van der Waals surface area contributed by atoms with Gasteiger partial charge in [0, 0.05) is 19.0 Å². The Morgan fingerprint density at radius 3 is 2.35 bits per heavy atom. The Bertz CT molecular complexity index is 517. The Kier molecular flexibility index (Phi) is 4.10. The van der Waals surface area contributed by atoms with Crippen LogP contribution in [0.1, 0.15) is 52.4 Å². The lowest BCUT2D eigenvalue weighted by atomic mass is 9.47. The SMILES string of the molecule is CCNC(=O)COC(=O)C12C[C@@H]3C[C@H](CC(NC(C)=O)(C3)C1)C2. The Morgan fingerprint density at radius 2 is 1.78 bits per heavy atom. The first-order chi connectivity index (χ1) is 10.9. The number of amides is 2. The van der Waals surface area contributed by atoms with Crippen molar-refractivity contribution >= 4 is 17.8 Å². The molecule has 0 heterocycles. The second-order valence-electron chi connectivity index (χ2n) is 7.73. The summed E-state index contributed by atoms with van der Waals surface area (Å²) < 4.78 is 5.33. The lowest BCUT2D eigenvalue weighted by Gasteiger charge is -2.60. The molecule has 6 nitrogen and oxygen atoms in total. The third kappa shape index (κ3) is 3.08. The summed E-state index contributed by atoms with van der Waals surface area (Å²) in [4.78, 5) is 35.9. The fourth-order valence-corrected chi connectivity index (χ4v) is 5.55. The van der Waals surface area contributed by atoms with E-state index >= 15 is 0 Å². The van der Waals surface area contributed by atoms with Crippen molar-refractivity contribution in [3.05, 3.63) is 0 Å². The van der Waals surface area contributed by atoms with E-state index < -0.39 is 5.41 Å². The van der Waals surface area contributed by atoms with Crippen molar-refractivity contribution < 1.29 is 19.1 Å². The van der Waals surface area contributed by atoms with E-state index in [4.69, 9.17) is 4.74 Å².